The van der Waals surface area contributed by atoms with Gasteiger partial charge in [-0.25, -0.2) is 4.79 Å². The molecule has 0 aliphatic carbocycles. The average molecular weight is 392 g/mol. The molecule has 2 amide bonds. The molecule has 0 rings (SSSR count). The van der Waals surface area contributed by atoms with E-state index in [1.165, 1.54) is 4.90 Å². The van der Waals surface area contributed by atoms with Gasteiger partial charge in [-0.2, -0.15) is 0 Å². The number of likely N-dealkylation sites (N-methyl/N-ethyl adjacent to an activating group) is 1. The van der Waals surface area contributed by atoms with E-state index >= 15 is 0 Å². The van der Waals surface area contributed by atoms with E-state index in [0.717, 1.165) is 0 Å². The molecule has 0 saturated carbocycles. The van der Waals surface area contributed by atoms with Gasteiger partial charge in [-0.1, -0.05) is 12.2 Å². The Morgan fingerprint density at radius 1 is 1.00 bits per heavy atom. The number of rotatable bonds is 6. The molecule has 0 bridgehead atoms. The van der Waals surface area contributed by atoms with E-state index in [1.807, 2.05) is 0 Å². The summed E-state index contributed by atoms with van der Waals surface area (Å²) in [5, 5.41) is 5.23. The molecule has 0 spiro atoms. The van der Waals surface area contributed by atoms with E-state index in [0.29, 0.717) is 0 Å². The molecule has 0 unspecified atom stereocenters. The zero-order chi connectivity index (χ0) is 20.2. The number of hydrogen-bond acceptors (Lipinski definition) is 5. The third-order valence-electron chi connectivity index (χ3n) is 3.06. The third kappa shape index (κ3) is 8.53. The lowest BCUT2D eigenvalue weighted by Crippen LogP contribution is -2.62. The molecule has 0 aliphatic rings. The number of ether oxygens (including phenoxy) is 1. The Bertz CT molecular complexity index is 554. The molecule has 9 heteroatoms. The summed E-state index contributed by atoms with van der Waals surface area (Å²) >= 11 is 8.83. The van der Waals surface area contributed by atoms with Crippen molar-refractivity contribution in [3.63, 3.8) is 0 Å². The number of nitrogens with zero attached hydrogens (tertiary/aromatic N) is 1. The zero-order valence-electron chi connectivity index (χ0n) is 16.1. The van der Waals surface area contributed by atoms with Crippen LogP contribution in [0, 0.1) is 0 Å². The molecule has 7 nitrogen and oxygen atoms in total. The largest absolute Gasteiger partial charge is 0.458 e. The number of thiol groups is 1. The second kappa shape index (κ2) is 8.35. The fourth-order valence-electron chi connectivity index (χ4n) is 1.62. The van der Waals surface area contributed by atoms with Gasteiger partial charge < -0.3 is 20.3 Å². The Balaban J connectivity index is 4.93. The molecule has 0 heterocycles. The van der Waals surface area contributed by atoms with Crippen molar-refractivity contribution in [3.05, 3.63) is 0 Å². The fraction of sp³-hybridized carbons (Fsp3) is 0.750. The van der Waals surface area contributed by atoms with Crippen LogP contribution in [0.25, 0.3) is 0 Å². The van der Waals surface area contributed by atoms with Gasteiger partial charge in [-0.15, -0.1) is 12.6 Å². The first-order valence-corrected chi connectivity index (χ1v) is 8.64. The highest BCUT2D eigenvalue weighted by Crippen LogP contribution is 2.15. The maximum atomic E-state index is 12.5. The van der Waals surface area contributed by atoms with Gasteiger partial charge in [0.05, 0.1) is 6.54 Å². The molecule has 0 fully saturated rings. The number of thiocarbonyl (C=S) groups is 1. The maximum absolute atomic E-state index is 12.5. The first-order chi connectivity index (χ1) is 11.0. The van der Waals surface area contributed by atoms with Crippen molar-refractivity contribution in [2.24, 2.45) is 0 Å². The number of esters is 1. The first-order valence-electron chi connectivity index (χ1n) is 7.79. The highest BCUT2D eigenvalue weighted by atomic mass is 32.1. The normalized spacial score (nSPS) is 12.2. The molecule has 2 N–H and O–H groups in total. The van der Waals surface area contributed by atoms with Crippen LogP contribution in [0.1, 0.15) is 48.5 Å². The minimum Gasteiger partial charge on any atom is -0.458 e. The number of amides is 2. The molecule has 0 aromatic heterocycles. The van der Waals surface area contributed by atoms with Crippen LogP contribution in [0.5, 0.6) is 0 Å². The molecular weight excluding hydrogens is 362 g/mol. The van der Waals surface area contributed by atoms with E-state index in [-0.39, 0.29) is 10.9 Å². The third-order valence-corrected chi connectivity index (χ3v) is 3.72. The summed E-state index contributed by atoms with van der Waals surface area (Å²) in [5.41, 5.74) is -3.13. The molecular formula is C16H29N3O4S2. The molecule has 25 heavy (non-hydrogen) atoms. The van der Waals surface area contributed by atoms with Crippen LogP contribution in [0.2, 0.25) is 0 Å². The SMILES string of the molecule is CN(CC(=O)NC(C)(C)C(=O)NC(C)(C)C(=O)OC(C)(C)C)C(=S)S. The summed E-state index contributed by atoms with van der Waals surface area (Å²) in [6.07, 6.45) is 0. The van der Waals surface area contributed by atoms with Crippen LogP contribution < -0.4 is 10.6 Å². The predicted molar refractivity (Wildman–Crippen MR) is 105 cm³/mol. The van der Waals surface area contributed by atoms with Gasteiger partial charge in [0.25, 0.3) is 0 Å². The summed E-state index contributed by atoms with van der Waals surface area (Å²) in [6, 6.07) is 0. The van der Waals surface area contributed by atoms with Crippen molar-refractivity contribution in [2.75, 3.05) is 13.6 Å². The molecule has 0 aliphatic heterocycles. The molecule has 0 atom stereocenters. The lowest BCUT2D eigenvalue weighted by molar-refractivity contribution is -0.163. The summed E-state index contributed by atoms with van der Waals surface area (Å²) < 4.78 is 5.57. The van der Waals surface area contributed by atoms with Crippen LogP contribution in [0.4, 0.5) is 0 Å². The number of nitrogens with one attached hydrogen (secondary N) is 2. The van der Waals surface area contributed by atoms with E-state index in [2.05, 4.69) is 23.3 Å². The number of hydrogen-bond donors (Lipinski definition) is 3. The molecule has 0 radical (unpaired) electrons. The van der Waals surface area contributed by atoms with Gasteiger partial charge >= 0.3 is 5.97 Å². The maximum Gasteiger partial charge on any atom is 0.331 e. The Morgan fingerprint density at radius 3 is 1.88 bits per heavy atom. The van der Waals surface area contributed by atoms with Crippen molar-refractivity contribution in [3.8, 4) is 0 Å². The molecule has 0 saturated heterocycles. The average Bonchev–Trinajstić information content (AvgIpc) is 2.34. The quantitative estimate of drug-likeness (QED) is 0.359. The summed E-state index contributed by atoms with van der Waals surface area (Å²) in [6.45, 7) is 11.4. The van der Waals surface area contributed by atoms with Crippen LogP contribution in [-0.4, -0.2) is 57.3 Å². The zero-order valence-corrected chi connectivity index (χ0v) is 17.9. The smallest absolute Gasteiger partial charge is 0.331 e. The number of carbonyl (C=O) groups excluding carboxylic acids is 3. The summed E-state index contributed by atoms with van der Waals surface area (Å²) in [4.78, 5) is 38.3. The monoisotopic (exact) mass is 391 g/mol. The first kappa shape index (κ1) is 23.6. The van der Waals surface area contributed by atoms with Crippen molar-refractivity contribution in [1.29, 1.82) is 0 Å². The van der Waals surface area contributed by atoms with E-state index in [4.69, 9.17) is 17.0 Å². The standard InChI is InChI=1S/C16H29N3O4S2/c1-14(2,3)23-12(22)16(6,7)18-11(21)15(4,5)17-10(20)9-19(8)13(24)25/h9H2,1-8H3,(H,17,20)(H,18,21)(H,24,25). The minimum absolute atomic E-state index is 0.0332. The highest BCUT2D eigenvalue weighted by Gasteiger charge is 2.39. The lowest BCUT2D eigenvalue weighted by atomic mass is 9.99. The minimum atomic E-state index is -1.24. The fourth-order valence-corrected chi connectivity index (χ4v) is 1.76. The van der Waals surface area contributed by atoms with Gasteiger partial charge in [-0.3, -0.25) is 9.59 Å². The Hall–Kier alpha value is -1.35. The Morgan fingerprint density at radius 2 is 1.48 bits per heavy atom. The Labute approximate surface area is 160 Å². The second-order valence-electron chi connectivity index (χ2n) is 7.89. The van der Waals surface area contributed by atoms with E-state index in [9.17, 15) is 14.4 Å². The molecule has 0 aromatic carbocycles. The second-order valence-corrected chi connectivity index (χ2v) is 9.01. The van der Waals surface area contributed by atoms with Crippen LogP contribution >= 0.6 is 24.8 Å². The molecule has 0 aromatic rings. The van der Waals surface area contributed by atoms with Crippen molar-refractivity contribution in [1.82, 2.24) is 15.5 Å². The van der Waals surface area contributed by atoms with E-state index in [1.54, 1.807) is 55.5 Å². The van der Waals surface area contributed by atoms with Gasteiger partial charge in [0, 0.05) is 7.05 Å². The van der Waals surface area contributed by atoms with Gasteiger partial charge in [-0.05, 0) is 48.5 Å². The van der Waals surface area contributed by atoms with Crippen molar-refractivity contribution in [2.45, 2.75) is 65.1 Å². The predicted octanol–water partition coefficient (Wildman–Crippen LogP) is 1.26. The van der Waals surface area contributed by atoms with Crippen LogP contribution in [0.3, 0.4) is 0 Å². The van der Waals surface area contributed by atoms with Crippen molar-refractivity contribution < 1.29 is 19.1 Å². The van der Waals surface area contributed by atoms with Gasteiger partial charge in [0.1, 0.15) is 21.0 Å². The molecule has 144 valence electrons. The summed E-state index contributed by atoms with van der Waals surface area (Å²) in [7, 11) is 1.62. The topological polar surface area (TPSA) is 87.7 Å². The number of carbonyl (C=O) groups is 3. The van der Waals surface area contributed by atoms with Crippen molar-refractivity contribution >= 4 is 47.0 Å². The highest BCUT2D eigenvalue weighted by molar-refractivity contribution is 8.10. The van der Waals surface area contributed by atoms with Gasteiger partial charge in [0.15, 0.2) is 0 Å². The lowest BCUT2D eigenvalue weighted by Gasteiger charge is -2.33. The Kier molecular flexibility index (Phi) is 7.90. The van der Waals surface area contributed by atoms with Crippen LogP contribution in [-0.2, 0) is 19.1 Å². The van der Waals surface area contributed by atoms with Gasteiger partial charge in [0.2, 0.25) is 11.8 Å². The van der Waals surface area contributed by atoms with E-state index < -0.39 is 34.5 Å². The van der Waals surface area contributed by atoms with Crippen LogP contribution in [0.15, 0.2) is 0 Å². The summed E-state index contributed by atoms with van der Waals surface area (Å²) in [5.74, 6) is -1.46.